The highest BCUT2D eigenvalue weighted by Gasteiger charge is 2.50. The number of piperidine rings is 1. The Morgan fingerprint density at radius 3 is 2.31 bits per heavy atom. The highest BCUT2D eigenvalue weighted by Crippen LogP contribution is 2.56. The maximum atomic E-state index is 16.2. The summed E-state index contributed by atoms with van der Waals surface area (Å²) in [5.74, 6) is -2.38. The van der Waals surface area contributed by atoms with Gasteiger partial charge in [-0.25, -0.2) is 13.6 Å². The third-order valence-corrected chi connectivity index (χ3v) is 15.5. The fourth-order valence-corrected chi connectivity index (χ4v) is 11.5. The number of carbonyl (C=O) groups is 4. The van der Waals surface area contributed by atoms with Gasteiger partial charge < -0.3 is 25.4 Å². The summed E-state index contributed by atoms with van der Waals surface area (Å²) < 4.78 is 45.8. The van der Waals surface area contributed by atoms with Crippen LogP contribution in [0.5, 0.6) is 11.5 Å². The SMILES string of the molecule is COc1ccc(C(N)=O)c(-c2c(Cl)c(F)cc3c2C(C)C(CNC2CCC(C(=O)N4CCC(c5ccc(-c6ccc7c(N8CCC(=O)NC8=O)nn(C)c7c6)cc5)CC4)CC2)(c2ccccc2)O3)c1F. The molecule has 1 saturated carbocycles. The zero-order valence-corrected chi connectivity index (χ0v) is 40.0. The lowest BCUT2D eigenvalue weighted by Gasteiger charge is -2.38. The fourth-order valence-electron chi connectivity index (χ4n) is 11.2. The summed E-state index contributed by atoms with van der Waals surface area (Å²) in [5, 5.41) is 11.2. The largest absolute Gasteiger partial charge is 0.494 e. The van der Waals surface area contributed by atoms with E-state index in [4.69, 9.17) is 26.8 Å². The summed E-state index contributed by atoms with van der Waals surface area (Å²) in [5.41, 5.74) is 9.74. The monoisotopic (exact) mass is 969 g/mol. The third kappa shape index (κ3) is 8.31. The van der Waals surface area contributed by atoms with E-state index in [0.717, 1.165) is 66.1 Å². The number of urea groups is 1. The standard InChI is InChI=1S/C54H54ClF2N7O6/c1-30-45-43(28-40(56)48(55)47(45)46-39(50(58)66)19-20-42(69-3)49(46)57)70-54(30,36-7-5-4-6-8-36)29-59-37-16-13-34(14-17-37)52(67)63-24-21-33(22-25-63)31-9-11-32(12-10-31)35-15-18-38-41(27-35)62(2)61-51(38)64-26-23-44(65)60-53(64)68/h4-12,15,18-20,27-28,30,33-34,37,59H,13-14,16-17,21-26,29H2,1-3H3,(H2,58,66)(H,60,65,68). The molecular formula is C54H54ClF2N7O6. The Morgan fingerprint density at radius 2 is 1.63 bits per heavy atom. The number of anilines is 1. The summed E-state index contributed by atoms with van der Waals surface area (Å²) in [4.78, 5) is 54.5. The maximum Gasteiger partial charge on any atom is 0.329 e. The van der Waals surface area contributed by atoms with Crippen LogP contribution in [0.15, 0.2) is 91.0 Å². The van der Waals surface area contributed by atoms with Crippen LogP contribution in [0.1, 0.15) is 90.8 Å². The number of halogens is 3. The minimum absolute atomic E-state index is 0.00670. The van der Waals surface area contributed by atoms with Crippen LogP contribution in [0.4, 0.5) is 19.4 Å². The summed E-state index contributed by atoms with van der Waals surface area (Å²) in [6, 6.07) is 27.8. The van der Waals surface area contributed by atoms with Gasteiger partial charge in [-0.15, -0.1) is 0 Å². The van der Waals surface area contributed by atoms with Crippen LogP contribution in [-0.2, 0) is 22.2 Å². The molecule has 4 aliphatic rings. The molecule has 362 valence electrons. The number of hydrogen-bond donors (Lipinski definition) is 3. The van der Waals surface area contributed by atoms with Crippen molar-refractivity contribution in [3.05, 3.63) is 130 Å². The van der Waals surface area contributed by atoms with Gasteiger partial charge in [-0.3, -0.25) is 29.3 Å². The second-order valence-electron chi connectivity index (χ2n) is 19.0. The van der Waals surface area contributed by atoms with Crippen molar-refractivity contribution in [2.45, 2.75) is 75.3 Å². The van der Waals surface area contributed by atoms with E-state index in [0.29, 0.717) is 36.9 Å². The van der Waals surface area contributed by atoms with Crippen molar-refractivity contribution in [1.82, 2.24) is 25.3 Å². The maximum absolute atomic E-state index is 16.2. The molecule has 16 heteroatoms. The minimum Gasteiger partial charge on any atom is -0.494 e. The molecular weight excluding hydrogens is 916 g/mol. The molecule has 13 nitrogen and oxygen atoms in total. The molecule has 3 fully saturated rings. The van der Waals surface area contributed by atoms with Gasteiger partial charge in [-0.1, -0.05) is 79.2 Å². The van der Waals surface area contributed by atoms with E-state index in [1.807, 2.05) is 61.3 Å². The Morgan fingerprint density at radius 1 is 0.914 bits per heavy atom. The normalized spacial score (nSPS) is 21.7. The number of likely N-dealkylation sites (tertiary alicyclic amines) is 1. The van der Waals surface area contributed by atoms with Gasteiger partial charge >= 0.3 is 6.03 Å². The van der Waals surface area contributed by atoms with Crippen LogP contribution in [0.3, 0.4) is 0 Å². The minimum atomic E-state index is -1.08. The second-order valence-corrected chi connectivity index (χ2v) is 19.4. The predicted molar refractivity (Wildman–Crippen MR) is 263 cm³/mol. The van der Waals surface area contributed by atoms with Gasteiger partial charge in [0.15, 0.2) is 23.0 Å². The first-order chi connectivity index (χ1) is 33.8. The lowest BCUT2D eigenvalue weighted by molar-refractivity contribution is -0.137. The number of nitrogens with zero attached hydrogens (tertiary/aromatic N) is 4. The first-order valence-electron chi connectivity index (χ1n) is 23.9. The Balaban J connectivity index is 0.772. The fraction of sp³-hybridized carbons (Fsp3) is 0.352. The smallest absolute Gasteiger partial charge is 0.329 e. The number of primary amides is 1. The molecule has 5 aromatic carbocycles. The molecule has 1 aromatic heterocycles. The zero-order valence-electron chi connectivity index (χ0n) is 39.2. The van der Waals surface area contributed by atoms with E-state index in [9.17, 15) is 19.2 Å². The molecule has 2 unspecified atom stereocenters. The molecule has 1 aliphatic carbocycles. The highest BCUT2D eigenvalue weighted by molar-refractivity contribution is 6.34. The lowest BCUT2D eigenvalue weighted by Crippen LogP contribution is -2.49. The molecule has 4 N–H and O–H groups in total. The van der Waals surface area contributed by atoms with Crippen molar-refractivity contribution in [2.75, 3.05) is 38.2 Å². The average molecular weight is 971 g/mol. The van der Waals surface area contributed by atoms with Crippen molar-refractivity contribution in [3.63, 3.8) is 0 Å². The summed E-state index contributed by atoms with van der Waals surface area (Å²) in [7, 11) is 3.15. The van der Waals surface area contributed by atoms with Gasteiger partial charge in [-0.05, 0) is 91.0 Å². The van der Waals surface area contributed by atoms with Gasteiger partial charge in [-0.2, -0.15) is 5.10 Å². The zero-order chi connectivity index (χ0) is 49.0. The number of methoxy groups -OCH3 is 1. The van der Waals surface area contributed by atoms with Crippen molar-refractivity contribution in [1.29, 1.82) is 0 Å². The number of imide groups is 1. The van der Waals surface area contributed by atoms with Gasteiger partial charge in [0.05, 0.1) is 23.2 Å². The Kier molecular flexibility index (Phi) is 12.6. The first-order valence-corrected chi connectivity index (χ1v) is 24.3. The average Bonchev–Trinajstić information content (AvgIpc) is 3.85. The molecule has 70 heavy (non-hydrogen) atoms. The third-order valence-electron chi connectivity index (χ3n) is 15.1. The second kappa shape index (κ2) is 18.8. The van der Waals surface area contributed by atoms with E-state index in [-0.39, 0.29) is 70.0 Å². The molecule has 2 saturated heterocycles. The number of ether oxygens (including phenoxy) is 2. The highest BCUT2D eigenvalue weighted by atomic mass is 35.5. The first kappa shape index (κ1) is 46.9. The van der Waals surface area contributed by atoms with Crippen LogP contribution in [-0.4, -0.2) is 77.8 Å². The van der Waals surface area contributed by atoms with Crippen LogP contribution >= 0.6 is 11.6 Å². The number of amides is 5. The van der Waals surface area contributed by atoms with Crippen molar-refractivity contribution in [3.8, 4) is 33.8 Å². The predicted octanol–water partition coefficient (Wildman–Crippen LogP) is 9.34. The molecule has 4 heterocycles. The molecule has 0 radical (unpaired) electrons. The van der Waals surface area contributed by atoms with Crippen LogP contribution in [0, 0.1) is 17.6 Å². The van der Waals surface area contributed by atoms with Gasteiger partial charge in [0.2, 0.25) is 17.7 Å². The number of aryl methyl sites for hydroxylation is 1. The lowest BCUT2D eigenvalue weighted by atomic mass is 9.77. The van der Waals surface area contributed by atoms with Crippen molar-refractivity contribution >= 4 is 52.1 Å². The van der Waals surface area contributed by atoms with Crippen molar-refractivity contribution < 1.29 is 37.4 Å². The molecule has 0 bridgehead atoms. The topological polar surface area (TPSA) is 161 Å². The number of aromatic nitrogens is 2. The Labute approximate surface area is 409 Å². The number of benzene rings is 5. The summed E-state index contributed by atoms with van der Waals surface area (Å²) in [6.07, 6.45) is 5.03. The van der Waals surface area contributed by atoms with Crippen LogP contribution < -0.4 is 30.7 Å². The van der Waals surface area contributed by atoms with Gasteiger partial charge in [0.25, 0.3) is 0 Å². The molecule has 6 aromatic rings. The quantitative estimate of drug-likeness (QED) is 0.116. The Bertz CT molecular complexity index is 3040. The molecule has 5 amide bonds. The van der Waals surface area contributed by atoms with E-state index < -0.39 is 35.1 Å². The molecule has 3 aliphatic heterocycles. The summed E-state index contributed by atoms with van der Waals surface area (Å²) >= 11 is 6.70. The van der Waals surface area contributed by atoms with E-state index in [1.54, 1.807) is 4.68 Å². The summed E-state index contributed by atoms with van der Waals surface area (Å²) in [6.45, 7) is 3.94. The van der Waals surface area contributed by atoms with E-state index >= 15 is 8.78 Å². The van der Waals surface area contributed by atoms with Gasteiger partial charge in [0, 0.05) is 85.7 Å². The van der Waals surface area contributed by atoms with Crippen LogP contribution in [0.25, 0.3) is 33.2 Å². The molecule has 2 atom stereocenters. The number of hydrogen-bond acceptors (Lipinski definition) is 8. The van der Waals surface area contributed by atoms with Crippen LogP contribution in [0.2, 0.25) is 5.02 Å². The van der Waals surface area contributed by atoms with E-state index in [1.165, 1.54) is 35.8 Å². The number of carbonyl (C=O) groups excluding carboxylic acids is 4. The molecule has 10 rings (SSSR count). The van der Waals surface area contributed by atoms with Crippen molar-refractivity contribution in [2.24, 2.45) is 18.7 Å². The number of rotatable bonds is 11. The number of fused-ring (bicyclic) bond motifs is 2. The Hall–Kier alpha value is -6.84. The van der Waals surface area contributed by atoms with Gasteiger partial charge in [0.1, 0.15) is 11.6 Å². The van der Waals surface area contributed by atoms with E-state index in [2.05, 4.69) is 46.1 Å². The molecule has 0 spiro atoms. The number of nitrogens with two attached hydrogens (primary N) is 1. The number of nitrogens with one attached hydrogen (secondary N) is 2.